The van der Waals surface area contributed by atoms with Crippen LogP contribution in [0.1, 0.15) is 51.2 Å². The number of hydrogen-bond acceptors (Lipinski definition) is 3. The van der Waals surface area contributed by atoms with Crippen LogP contribution in [-0.2, 0) is 11.3 Å². The van der Waals surface area contributed by atoms with Crippen molar-refractivity contribution < 1.29 is 27.4 Å². The van der Waals surface area contributed by atoms with Crippen molar-refractivity contribution in [2.75, 3.05) is 6.61 Å². The molecule has 2 rings (SSSR count). The Hall–Kier alpha value is -2.18. The fourth-order valence-electron chi connectivity index (χ4n) is 2.70. The maximum atomic E-state index is 12.6. The van der Waals surface area contributed by atoms with E-state index in [0.29, 0.717) is 5.56 Å². The van der Waals surface area contributed by atoms with E-state index in [0.717, 1.165) is 24.8 Å². The molecule has 0 N–H and O–H groups in total. The van der Waals surface area contributed by atoms with Crippen molar-refractivity contribution in [1.29, 1.82) is 0 Å². The van der Waals surface area contributed by atoms with Crippen LogP contribution >= 0.6 is 0 Å². The Kier molecular flexibility index (Phi) is 6.44. The van der Waals surface area contributed by atoms with Gasteiger partial charge in [0.2, 0.25) is 0 Å². The van der Waals surface area contributed by atoms with Gasteiger partial charge in [0.15, 0.2) is 6.61 Å². The van der Waals surface area contributed by atoms with Crippen molar-refractivity contribution in [3.05, 3.63) is 35.9 Å². The minimum Gasteiger partial charge on any atom is -0.484 e. The molecule has 1 amide bonds. The van der Waals surface area contributed by atoms with Gasteiger partial charge in [-0.15, -0.1) is 0 Å². The molecule has 1 fully saturated rings. The lowest BCUT2D eigenvalue weighted by Crippen LogP contribution is -2.46. The number of alkyl halides is 3. The summed E-state index contributed by atoms with van der Waals surface area (Å²) in [5, 5.41) is 0. The molecule has 0 atom stereocenters. The Morgan fingerprint density at radius 3 is 2.44 bits per heavy atom. The quantitative estimate of drug-likeness (QED) is 0.643. The van der Waals surface area contributed by atoms with Crippen LogP contribution in [-0.4, -0.2) is 35.4 Å². The maximum Gasteiger partial charge on any atom is 0.422 e. The van der Waals surface area contributed by atoms with E-state index >= 15 is 0 Å². The third kappa shape index (κ3) is 6.48. The zero-order valence-corrected chi connectivity index (χ0v) is 15.9. The zero-order valence-electron chi connectivity index (χ0n) is 15.9. The van der Waals surface area contributed by atoms with E-state index < -0.39 is 24.5 Å². The summed E-state index contributed by atoms with van der Waals surface area (Å²) < 4.78 is 48.1. The first-order valence-electron chi connectivity index (χ1n) is 8.93. The first-order valence-corrected chi connectivity index (χ1v) is 8.93. The average Bonchev–Trinajstić information content (AvgIpc) is 2.48. The summed E-state index contributed by atoms with van der Waals surface area (Å²) in [5.74, 6) is 0.103. The fraction of sp³-hybridized carbons (Fsp3) is 0.550. The largest absolute Gasteiger partial charge is 0.484 e. The molecule has 0 bridgehead atoms. The topological polar surface area (TPSA) is 38.8 Å². The summed E-state index contributed by atoms with van der Waals surface area (Å²) in [6.07, 6.45) is -0.615. The molecule has 0 aliphatic heterocycles. The van der Waals surface area contributed by atoms with Crippen LogP contribution in [0.15, 0.2) is 24.8 Å². The van der Waals surface area contributed by atoms with Gasteiger partial charge in [0.25, 0.3) is 0 Å². The van der Waals surface area contributed by atoms with Gasteiger partial charge in [-0.3, -0.25) is 0 Å². The van der Waals surface area contributed by atoms with Crippen molar-refractivity contribution in [3.8, 4) is 5.75 Å². The second-order valence-electron chi connectivity index (χ2n) is 7.67. The van der Waals surface area contributed by atoms with Gasteiger partial charge in [0.05, 0.1) is 6.54 Å². The number of benzene rings is 1. The second-order valence-corrected chi connectivity index (χ2v) is 7.67. The SMILES string of the molecule is C=Cc1ccc(OCC(F)(F)F)c(CN(C(=O)OC(C)(C)C)C2CCC2)c1. The normalized spacial score (nSPS) is 15.0. The van der Waals surface area contributed by atoms with Gasteiger partial charge in [0, 0.05) is 11.6 Å². The molecule has 0 heterocycles. The molecule has 1 aliphatic rings. The predicted octanol–water partition coefficient (Wildman–Crippen LogP) is 5.56. The molecule has 0 spiro atoms. The molecule has 4 nitrogen and oxygen atoms in total. The Labute approximate surface area is 157 Å². The minimum atomic E-state index is -4.44. The second kappa shape index (κ2) is 8.23. The van der Waals surface area contributed by atoms with Crippen LogP contribution in [0.4, 0.5) is 18.0 Å². The van der Waals surface area contributed by atoms with Crippen LogP contribution in [0.3, 0.4) is 0 Å². The molecular formula is C20H26F3NO3. The summed E-state index contributed by atoms with van der Waals surface area (Å²) in [6.45, 7) is 7.75. The standard InChI is InChI=1S/C20H26F3NO3/c1-5-14-9-10-17(26-13-20(21,22)23)15(11-14)12-24(16-7-6-8-16)18(25)27-19(2,3)4/h5,9-11,16H,1,6-8,12-13H2,2-4H3. The highest BCUT2D eigenvalue weighted by Gasteiger charge is 2.33. The van der Waals surface area contributed by atoms with Crippen molar-refractivity contribution in [3.63, 3.8) is 0 Å². The number of nitrogens with zero attached hydrogens (tertiary/aromatic N) is 1. The number of rotatable bonds is 6. The monoisotopic (exact) mass is 385 g/mol. The lowest BCUT2D eigenvalue weighted by atomic mass is 9.91. The summed E-state index contributed by atoms with van der Waals surface area (Å²) in [7, 11) is 0. The minimum absolute atomic E-state index is 0.0164. The van der Waals surface area contributed by atoms with Gasteiger partial charge in [-0.2, -0.15) is 13.2 Å². The Balaban J connectivity index is 2.26. The highest BCUT2D eigenvalue weighted by Crippen LogP contribution is 2.31. The summed E-state index contributed by atoms with van der Waals surface area (Å²) in [5.41, 5.74) is 0.578. The fourth-order valence-corrected chi connectivity index (χ4v) is 2.70. The Morgan fingerprint density at radius 1 is 1.30 bits per heavy atom. The van der Waals surface area contributed by atoms with Crippen LogP contribution in [0, 0.1) is 0 Å². The van der Waals surface area contributed by atoms with E-state index in [1.807, 2.05) is 0 Å². The number of amides is 1. The Bertz CT molecular complexity index is 676. The average molecular weight is 385 g/mol. The highest BCUT2D eigenvalue weighted by atomic mass is 19.4. The molecule has 1 saturated carbocycles. The number of carbonyl (C=O) groups excluding carboxylic acids is 1. The van der Waals surface area contributed by atoms with Crippen LogP contribution in [0.2, 0.25) is 0 Å². The van der Waals surface area contributed by atoms with Gasteiger partial charge in [0.1, 0.15) is 11.4 Å². The molecule has 1 aromatic rings. The molecule has 0 unspecified atom stereocenters. The van der Waals surface area contributed by atoms with E-state index in [1.54, 1.807) is 43.9 Å². The van der Waals surface area contributed by atoms with Gasteiger partial charge >= 0.3 is 12.3 Å². The predicted molar refractivity (Wildman–Crippen MR) is 97.5 cm³/mol. The molecule has 1 aliphatic carbocycles. The van der Waals surface area contributed by atoms with Crippen molar-refractivity contribution in [1.82, 2.24) is 4.90 Å². The lowest BCUT2D eigenvalue weighted by molar-refractivity contribution is -0.153. The van der Waals surface area contributed by atoms with Gasteiger partial charge in [-0.25, -0.2) is 4.79 Å². The molecule has 27 heavy (non-hydrogen) atoms. The van der Waals surface area contributed by atoms with Crippen LogP contribution < -0.4 is 4.74 Å². The van der Waals surface area contributed by atoms with Crippen LogP contribution in [0.5, 0.6) is 5.75 Å². The number of halogens is 3. The van der Waals surface area contributed by atoms with Gasteiger partial charge in [-0.1, -0.05) is 18.7 Å². The Morgan fingerprint density at radius 2 is 1.96 bits per heavy atom. The molecule has 150 valence electrons. The summed E-state index contributed by atoms with van der Waals surface area (Å²) in [4.78, 5) is 14.2. The van der Waals surface area contributed by atoms with Gasteiger partial charge < -0.3 is 14.4 Å². The van der Waals surface area contributed by atoms with E-state index in [4.69, 9.17) is 9.47 Å². The van der Waals surface area contributed by atoms with E-state index in [1.165, 1.54) is 6.07 Å². The first-order chi connectivity index (χ1) is 12.5. The smallest absolute Gasteiger partial charge is 0.422 e. The molecule has 0 saturated heterocycles. The van der Waals surface area contributed by atoms with E-state index in [-0.39, 0.29) is 18.3 Å². The molecule has 7 heteroatoms. The molecule has 0 aromatic heterocycles. The summed E-state index contributed by atoms with van der Waals surface area (Å²) >= 11 is 0. The van der Waals surface area contributed by atoms with E-state index in [2.05, 4.69) is 6.58 Å². The molecular weight excluding hydrogens is 359 g/mol. The van der Waals surface area contributed by atoms with Crippen molar-refractivity contribution in [2.24, 2.45) is 0 Å². The molecule has 1 aromatic carbocycles. The lowest BCUT2D eigenvalue weighted by Gasteiger charge is -2.38. The van der Waals surface area contributed by atoms with Gasteiger partial charge in [-0.05, 0) is 57.7 Å². The highest BCUT2D eigenvalue weighted by molar-refractivity contribution is 5.69. The number of carbonyl (C=O) groups is 1. The third-order valence-corrected chi connectivity index (χ3v) is 4.20. The zero-order chi connectivity index (χ0) is 20.2. The van der Waals surface area contributed by atoms with E-state index in [9.17, 15) is 18.0 Å². The van der Waals surface area contributed by atoms with Crippen molar-refractivity contribution in [2.45, 2.75) is 64.4 Å². The number of hydrogen-bond donors (Lipinski definition) is 0. The first kappa shape index (κ1) is 21.1. The molecule has 0 radical (unpaired) electrons. The summed E-state index contributed by atoms with van der Waals surface area (Å²) in [6, 6.07) is 4.81. The number of ether oxygens (including phenoxy) is 2. The maximum absolute atomic E-state index is 12.6. The van der Waals surface area contributed by atoms with Crippen molar-refractivity contribution >= 4 is 12.2 Å². The third-order valence-electron chi connectivity index (χ3n) is 4.20. The van der Waals surface area contributed by atoms with Crippen LogP contribution in [0.25, 0.3) is 6.08 Å².